The van der Waals surface area contributed by atoms with Gasteiger partial charge in [-0.05, 0) is 30.7 Å². The minimum absolute atomic E-state index is 0.0173. The Morgan fingerprint density at radius 2 is 2.14 bits per heavy atom. The first kappa shape index (κ1) is 15.7. The molecule has 1 aromatic carbocycles. The quantitative estimate of drug-likeness (QED) is 0.902. The number of nitrogens with zero attached hydrogens (tertiary/aromatic N) is 1. The molecule has 0 aliphatic heterocycles. The van der Waals surface area contributed by atoms with E-state index in [1.807, 2.05) is 0 Å². The van der Waals surface area contributed by atoms with E-state index in [1.54, 1.807) is 13.0 Å². The molecule has 0 saturated heterocycles. The van der Waals surface area contributed by atoms with Crippen LogP contribution in [0.2, 0.25) is 5.02 Å². The number of rotatable bonds is 4. The first-order valence-electron chi connectivity index (χ1n) is 5.87. The van der Waals surface area contributed by atoms with Crippen molar-refractivity contribution in [3.8, 4) is 0 Å². The van der Waals surface area contributed by atoms with Crippen molar-refractivity contribution in [1.29, 1.82) is 0 Å². The molecule has 0 amide bonds. The zero-order valence-corrected chi connectivity index (χ0v) is 12.5. The van der Waals surface area contributed by atoms with Gasteiger partial charge in [-0.3, -0.25) is 9.71 Å². The third-order valence-electron chi connectivity index (χ3n) is 2.82. The number of pyridine rings is 1. The number of aromatic nitrogens is 1. The lowest BCUT2D eigenvalue weighted by atomic mass is 10.2. The van der Waals surface area contributed by atoms with Gasteiger partial charge in [0.05, 0.1) is 18.5 Å². The lowest BCUT2D eigenvalue weighted by molar-refractivity contribution is 0.274. The topological polar surface area (TPSA) is 79.3 Å². The monoisotopic (exact) mass is 330 g/mol. The first-order chi connectivity index (χ1) is 9.85. The van der Waals surface area contributed by atoms with Gasteiger partial charge in [-0.1, -0.05) is 11.6 Å². The van der Waals surface area contributed by atoms with Crippen LogP contribution in [0.3, 0.4) is 0 Å². The second kappa shape index (κ2) is 5.97. The Balaban J connectivity index is 2.50. The molecule has 0 aliphatic carbocycles. The summed E-state index contributed by atoms with van der Waals surface area (Å²) in [5, 5.41) is 9.06. The fourth-order valence-electron chi connectivity index (χ4n) is 1.70. The highest BCUT2D eigenvalue weighted by atomic mass is 35.5. The number of sulfonamides is 1. The molecule has 1 heterocycles. The Morgan fingerprint density at radius 1 is 1.43 bits per heavy atom. The highest BCUT2D eigenvalue weighted by Gasteiger charge is 2.23. The van der Waals surface area contributed by atoms with Crippen molar-refractivity contribution >= 4 is 27.3 Å². The number of benzene rings is 1. The molecular formula is C13H12ClFN2O3S. The molecule has 2 N–H and O–H groups in total. The van der Waals surface area contributed by atoms with Gasteiger partial charge < -0.3 is 5.11 Å². The van der Waals surface area contributed by atoms with Crippen molar-refractivity contribution in [1.82, 2.24) is 4.98 Å². The lowest BCUT2D eigenvalue weighted by Gasteiger charge is -2.12. The van der Waals surface area contributed by atoms with Gasteiger partial charge in [-0.2, -0.15) is 0 Å². The van der Waals surface area contributed by atoms with Crippen LogP contribution in [0.5, 0.6) is 0 Å². The second-order valence-electron chi connectivity index (χ2n) is 4.33. The van der Waals surface area contributed by atoms with E-state index in [4.69, 9.17) is 16.7 Å². The van der Waals surface area contributed by atoms with E-state index in [0.717, 1.165) is 6.07 Å². The molecular weight excluding hydrogens is 319 g/mol. The lowest BCUT2D eigenvalue weighted by Crippen LogP contribution is -2.16. The third kappa shape index (κ3) is 3.31. The Bertz CT molecular complexity index is 781. The van der Waals surface area contributed by atoms with Crippen LogP contribution < -0.4 is 4.72 Å². The first-order valence-corrected chi connectivity index (χ1v) is 7.73. The summed E-state index contributed by atoms with van der Waals surface area (Å²) in [5.74, 6) is -1.03. The molecule has 0 aliphatic rings. The smallest absolute Gasteiger partial charge is 0.264 e. The molecule has 5 nitrogen and oxygen atoms in total. The number of hydrogen-bond donors (Lipinski definition) is 2. The molecule has 112 valence electrons. The Kier molecular flexibility index (Phi) is 4.46. The number of aryl methyl sites for hydroxylation is 1. The summed E-state index contributed by atoms with van der Waals surface area (Å²) in [6.45, 7) is 1.04. The average Bonchev–Trinajstić information content (AvgIpc) is 2.43. The van der Waals surface area contributed by atoms with Crippen LogP contribution in [0.25, 0.3) is 0 Å². The molecule has 0 fully saturated rings. The van der Waals surface area contributed by atoms with Crippen molar-refractivity contribution in [2.75, 3.05) is 4.72 Å². The molecule has 0 unspecified atom stereocenters. The maximum Gasteiger partial charge on any atom is 0.264 e. The zero-order chi connectivity index (χ0) is 15.6. The minimum atomic E-state index is -4.18. The average molecular weight is 331 g/mol. The van der Waals surface area contributed by atoms with Gasteiger partial charge in [0, 0.05) is 16.8 Å². The highest BCUT2D eigenvalue weighted by molar-refractivity contribution is 7.92. The van der Waals surface area contributed by atoms with Gasteiger partial charge in [-0.15, -0.1) is 0 Å². The molecule has 0 spiro atoms. The van der Waals surface area contributed by atoms with Crippen LogP contribution in [0.15, 0.2) is 35.5 Å². The predicted octanol–water partition coefficient (Wildman–Crippen LogP) is 2.48. The summed E-state index contributed by atoms with van der Waals surface area (Å²) in [7, 11) is -4.18. The van der Waals surface area contributed by atoms with Crippen LogP contribution in [-0.2, 0) is 16.6 Å². The molecule has 0 saturated carbocycles. The van der Waals surface area contributed by atoms with Crippen molar-refractivity contribution in [2.45, 2.75) is 18.4 Å². The Morgan fingerprint density at radius 3 is 2.76 bits per heavy atom. The molecule has 21 heavy (non-hydrogen) atoms. The molecule has 1 aromatic heterocycles. The molecule has 0 atom stereocenters. The van der Waals surface area contributed by atoms with Gasteiger partial charge in [0.1, 0.15) is 10.7 Å². The van der Waals surface area contributed by atoms with Gasteiger partial charge in [0.25, 0.3) is 10.0 Å². The number of hydrogen-bond acceptors (Lipinski definition) is 4. The van der Waals surface area contributed by atoms with E-state index in [2.05, 4.69) is 9.71 Å². The maximum absolute atomic E-state index is 14.1. The van der Waals surface area contributed by atoms with Gasteiger partial charge in [0.15, 0.2) is 0 Å². The van der Waals surface area contributed by atoms with Crippen molar-refractivity contribution < 1.29 is 17.9 Å². The Hall–Kier alpha value is -1.70. The molecule has 0 bridgehead atoms. The van der Waals surface area contributed by atoms with E-state index in [-0.39, 0.29) is 16.3 Å². The predicted molar refractivity (Wildman–Crippen MR) is 77.1 cm³/mol. The summed E-state index contributed by atoms with van der Waals surface area (Å²) < 4.78 is 40.9. The SMILES string of the molecule is Cc1ccncc1NS(=O)(=O)c1cc(Cl)cc(CO)c1F. The summed E-state index contributed by atoms with van der Waals surface area (Å²) in [6, 6.07) is 3.78. The number of nitrogens with one attached hydrogen (secondary N) is 1. The van der Waals surface area contributed by atoms with Crippen LogP contribution >= 0.6 is 11.6 Å². The fourth-order valence-corrected chi connectivity index (χ4v) is 3.27. The minimum Gasteiger partial charge on any atom is -0.392 e. The number of aliphatic hydroxyl groups excluding tert-OH is 1. The van der Waals surface area contributed by atoms with E-state index in [1.165, 1.54) is 18.5 Å². The number of aliphatic hydroxyl groups is 1. The van der Waals surface area contributed by atoms with Gasteiger partial charge in [0.2, 0.25) is 0 Å². The second-order valence-corrected chi connectivity index (χ2v) is 6.42. The summed E-state index contributed by atoms with van der Waals surface area (Å²) in [5.41, 5.74) is 0.687. The summed E-state index contributed by atoms with van der Waals surface area (Å²) in [4.78, 5) is 3.19. The maximum atomic E-state index is 14.1. The van der Waals surface area contributed by atoms with Crippen LogP contribution in [-0.4, -0.2) is 18.5 Å². The van der Waals surface area contributed by atoms with Crippen molar-refractivity contribution in [3.05, 3.63) is 52.6 Å². The van der Waals surface area contributed by atoms with Crippen LogP contribution in [0, 0.1) is 12.7 Å². The third-order valence-corrected chi connectivity index (χ3v) is 4.41. The normalized spacial score (nSPS) is 11.4. The van der Waals surface area contributed by atoms with Crippen LogP contribution in [0.1, 0.15) is 11.1 Å². The van der Waals surface area contributed by atoms with E-state index < -0.39 is 27.3 Å². The van der Waals surface area contributed by atoms with E-state index in [0.29, 0.717) is 5.56 Å². The number of anilines is 1. The van der Waals surface area contributed by atoms with Crippen LogP contribution in [0.4, 0.5) is 10.1 Å². The summed E-state index contributed by atoms with van der Waals surface area (Å²) in [6.07, 6.45) is 2.83. The number of halogens is 2. The largest absolute Gasteiger partial charge is 0.392 e. The van der Waals surface area contributed by atoms with E-state index >= 15 is 0 Å². The fraction of sp³-hybridized carbons (Fsp3) is 0.154. The van der Waals surface area contributed by atoms with Crippen molar-refractivity contribution in [3.63, 3.8) is 0 Å². The standard InChI is InChI=1S/C13H12ClFN2O3S/c1-8-2-3-16-6-11(8)17-21(19,20)12-5-10(14)4-9(7-18)13(12)15/h2-6,17-18H,7H2,1H3. The molecule has 2 rings (SSSR count). The zero-order valence-electron chi connectivity index (χ0n) is 11.0. The van der Waals surface area contributed by atoms with Gasteiger partial charge in [-0.25, -0.2) is 12.8 Å². The molecule has 2 aromatic rings. The highest BCUT2D eigenvalue weighted by Crippen LogP contribution is 2.26. The molecule has 0 radical (unpaired) electrons. The Labute approximate surface area is 126 Å². The summed E-state index contributed by atoms with van der Waals surface area (Å²) >= 11 is 5.76. The molecule has 8 heteroatoms. The van der Waals surface area contributed by atoms with E-state index in [9.17, 15) is 12.8 Å². The van der Waals surface area contributed by atoms with Gasteiger partial charge >= 0.3 is 0 Å². The van der Waals surface area contributed by atoms with Crippen molar-refractivity contribution in [2.24, 2.45) is 0 Å².